The second-order valence-corrected chi connectivity index (χ2v) is 5.69. The molecule has 2 saturated heterocycles. The predicted octanol–water partition coefficient (Wildman–Crippen LogP) is 1.74. The number of halogens is 1. The summed E-state index contributed by atoms with van der Waals surface area (Å²) >= 11 is 6.04. The number of piperidine rings is 1. The second-order valence-electron chi connectivity index (χ2n) is 5.33. The van der Waals surface area contributed by atoms with Crippen LogP contribution in [0.5, 0.6) is 0 Å². The van der Waals surface area contributed by atoms with Crippen molar-refractivity contribution < 1.29 is 9.90 Å². The first kappa shape index (κ1) is 12.8. The van der Waals surface area contributed by atoms with E-state index < -0.39 is 0 Å². The van der Waals surface area contributed by atoms with Gasteiger partial charge in [0.05, 0.1) is 11.7 Å². The second kappa shape index (κ2) is 4.72. The fourth-order valence-corrected chi connectivity index (χ4v) is 3.58. The van der Waals surface area contributed by atoms with Crippen molar-refractivity contribution in [3.63, 3.8) is 0 Å². The van der Waals surface area contributed by atoms with Crippen LogP contribution in [0.25, 0.3) is 0 Å². The largest absolute Gasteiger partial charge is 0.393 e. The monoisotopic (exact) mass is 281 g/mol. The molecule has 102 valence electrons. The molecule has 0 radical (unpaired) electrons. The lowest BCUT2D eigenvalue weighted by atomic mass is 9.99. The van der Waals surface area contributed by atoms with E-state index in [1.807, 2.05) is 0 Å². The molecule has 2 aliphatic heterocycles. The highest BCUT2D eigenvalue weighted by molar-refractivity contribution is 6.32. The van der Waals surface area contributed by atoms with E-state index in [2.05, 4.69) is 14.9 Å². The Balaban J connectivity index is 2.05. The Bertz CT molecular complexity index is 509. The van der Waals surface area contributed by atoms with Crippen molar-refractivity contribution in [2.24, 2.45) is 0 Å². The molecule has 0 amide bonds. The summed E-state index contributed by atoms with van der Waals surface area (Å²) in [5, 5.41) is 10.0. The maximum atomic E-state index is 11.3. The van der Waals surface area contributed by atoms with Crippen LogP contribution in [0.15, 0.2) is 0 Å². The van der Waals surface area contributed by atoms with E-state index in [0.717, 1.165) is 32.0 Å². The van der Waals surface area contributed by atoms with Crippen LogP contribution in [0.2, 0.25) is 5.15 Å². The third-order valence-electron chi connectivity index (χ3n) is 4.06. The van der Waals surface area contributed by atoms with Gasteiger partial charge in [-0.25, -0.2) is 9.97 Å². The molecule has 2 bridgehead atoms. The maximum Gasteiger partial charge on any atom is 0.156 e. The van der Waals surface area contributed by atoms with Crippen molar-refractivity contribution in [3.8, 4) is 0 Å². The van der Waals surface area contributed by atoms with Crippen LogP contribution in [0.4, 0.5) is 5.82 Å². The number of aromatic nitrogens is 2. The highest BCUT2D eigenvalue weighted by Gasteiger charge is 2.42. The van der Waals surface area contributed by atoms with Gasteiger partial charge in [0.1, 0.15) is 16.8 Å². The van der Waals surface area contributed by atoms with Crippen molar-refractivity contribution in [1.29, 1.82) is 0 Å². The molecule has 0 spiro atoms. The first-order chi connectivity index (χ1) is 9.10. The fraction of sp³-hybridized carbons (Fsp3) is 0.615. The zero-order valence-electron chi connectivity index (χ0n) is 10.7. The number of aryl methyl sites for hydroxylation is 1. The van der Waals surface area contributed by atoms with E-state index in [-0.39, 0.29) is 23.3 Å². The third kappa shape index (κ3) is 2.11. The Morgan fingerprint density at radius 3 is 2.53 bits per heavy atom. The van der Waals surface area contributed by atoms with Gasteiger partial charge >= 0.3 is 0 Å². The van der Waals surface area contributed by atoms with Crippen LogP contribution in [-0.4, -0.2) is 39.5 Å². The molecule has 2 unspecified atom stereocenters. The van der Waals surface area contributed by atoms with Gasteiger partial charge < -0.3 is 10.0 Å². The molecule has 2 fully saturated rings. The van der Waals surface area contributed by atoms with Crippen LogP contribution in [0, 0.1) is 6.92 Å². The minimum Gasteiger partial charge on any atom is -0.393 e. The van der Waals surface area contributed by atoms with Crippen LogP contribution < -0.4 is 4.90 Å². The molecule has 2 atom stereocenters. The third-order valence-corrected chi connectivity index (χ3v) is 4.35. The standard InChI is InChI=1S/C13H16ClN3O2/c1-7-15-12(14)11(6-18)13(16-7)17-8-2-3-9(17)5-10(19)4-8/h6,8-10,19H,2-5H2,1H3. The van der Waals surface area contributed by atoms with Crippen LogP contribution in [0.3, 0.4) is 0 Å². The highest BCUT2D eigenvalue weighted by atomic mass is 35.5. The SMILES string of the molecule is Cc1nc(Cl)c(C=O)c(N2C3CCC2CC(O)C3)n1. The molecular weight excluding hydrogens is 266 g/mol. The van der Waals surface area contributed by atoms with Gasteiger partial charge in [0, 0.05) is 12.1 Å². The summed E-state index contributed by atoms with van der Waals surface area (Å²) in [6.45, 7) is 1.77. The molecule has 5 nitrogen and oxygen atoms in total. The first-order valence-corrected chi connectivity index (χ1v) is 6.93. The Morgan fingerprint density at radius 1 is 1.32 bits per heavy atom. The molecule has 1 aromatic rings. The summed E-state index contributed by atoms with van der Waals surface area (Å²) in [6, 6.07) is 0.496. The van der Waals surface area contributed by atoms with Gasteiger partial charge in [-0.1, -0.05) is 11.6 Å². The molecule has 0 saturated carbocycles. The molecule has 0 aliphatic carbocycles. The smallest absolute Gasteiger partial charge is 0.156 e. The fourth-order valence-electron chi connectivity index (χ4n) is 3.33. The molecular formula is C13H16ClN3O2. The first-order valence-electron chi connectivity index (χ1n) is 6.56. The molecule has 1 aromatic heterocycles. The van der Waals surface area contributed by atoms with Gasteiger partial charge in [0.25, 0.3) is 0 Å². The lowest BCUT2D eigenvalue weighted by molar-refractivity contribution is 0.112. The number of aldehydes is 1. The van der Waals surface area contributed by atoms with E-state index in [0.29, 0.717) is 17.2 Å². The van der Waals surface area contributed by atoms with Gasteiger partial charge in [0.15, 0.2) is 6.29 Å². The van der Waals surface area contributed by atoms with E-state index in [4.69, 9.17) is 11.6 Å². The van der Waals surface area contributed by atoms with Gasteiger partial charge in [-0.2, -0.15) is 0 Å². The summed E-state index contributed by atoms with van der Waals surface area (Å²) in [4.78, 5) is 21.9. The Kier molecular flexibility index (Phi) is 3.19. The predicted molar refractivity (Wildman–Crippen MR) is 71.7 cm³/mol. The van der Waals surface area contributed by atoms with E-state index in [1.54, 1.807) is 6.92 Å². The normalized spacial score (nSPS) is 29.6. The number of hydrogen-bond donors (Lipinski definition) is 1. The molecule has 19 heavy (non-hydrogen) atoms. The van der Waals surface area contributed by atoms with Crippen LogP contribution in [-0.2, 0) is 0 Å². The van der Waals surface area contributed by atoms with Gasteiger partial charge in [-0.05, 0) is 32.6 Å². The minimum absolute atomic E-state index is 0.211. The van der Waals surface area contributed by atoms with Crippen molar-refractivity contribution in [2.45, 2.75) is 50.8 Å². The number of nitrogens with zero attached hydrogens (tertiary/aromatic N) is 3. The summed E-state index contributed by atoms with van der Waals surface area (Å²) in [5.74, 6) is 1.20. The summed E-state index contributed by atoms with van der Waals surface area (Å²) in [5.41, 5.74) is 0.362. The Morgan fingerprint density at radius 2 is 1.95 bits per heavy atom. The minimum atomic E-state index is -0.244. The number of carbonyl (C=O) groups is 1. The lowest BCUT2D eigenvalue weighted by Crippen LogP contribution is -2.45. The lowest BCUT2D eigenvalue weighted by Gasteiger charge is -2.38. The van der Waals surface area contributed by atoms with Crippen LogP contribution in [0.1, 0.15) is 41.9 Å². The molecule has 3 heterocycles. The van der Waals surface area contributed by atoms with Gasteiger partial charge in [0.2, 0.25) is 0 Å². The number of fused-ring (bicyclic) bond motifs is 2. The van der Waals surface area contributed by atoms with Crippen molar-refractivity contribution in [1.82, 2.24) is 9.97 Å². The summed E-state index contributed by atoms with van der Waals surface area (Å²) < 4.78 is 0. The van der Waals surface area contributed by atoms with Crippen molar-refractivity contribution in [2.75, 3.05) is 4.90 Å². The average molecular weight is 282 g/mol. The number of aliphatic hydroxyl groups is 1. The average Bonchev–Trinajstić information content (AvgIpc) is 2.60. The van der Waals surface area contributed by atoms with Gasteiger partial charge in [-0.3, -0.25) is 4.79 Å². The van der Waals surface area contributed by atoms with E-state index in [1.165, 1.54) is 0 Å². The van der Waals surface area contributed by atoms with Crippen molar-refractivity contribution in [3.05, 3.63) is 16.5 Å². The quantitative estimate of drug-likeness (QED) is 0.661. The van der Waals surface area contributed by atoms with Gasteiger partial charge in [-0.15, -0.1) is 0 Å². The Labute approximate surface area is 116 Å². The number of anilines is 1. The van der Waals surface area contributed by atoms with E-state index >= 15 is 0 Å². The van der Waals surface area contributed by atoms with Crippen LogP contribution >= 0.6 is 11.6 Å². The number of hydrogen-bond acceptors (Lipinski definition) is 5. The topological polar surface area (TPSA) is 66.3 Å². The number of rotatable bonds is 2. The van der Waals surface area contributed by atoms with Crippen molar-refractivity contribution >= 4 is 23.7 Å². The molecule has 1 N–H and O–H groups in total. The zero-order chi connectivity index (χ0) is 13.6. The highest BCUT2D eigenvalue weighted by Crippen LogP contribution is 2.40. The Hall–Kier alpha value is -1.20. The summed E-state index contributed by atoms with van der Waals surface area (Å²) in [7, 11) is 0. The zero-order valence-corrected chi connectivity index (χ0v) is 11.5. The molecule has 2 aliphatic rings. The summed E-state index contributed by atoms with van der Waals surface area (Å²) in [6.07, 6.45) is 4.00. The molecule has 6 heteroatoms. The maximum absolute atomic E-state index is 11.3. The number of carbonyl (C=O) groups excluding carboxylic acids is 1. The molecule has 0 aromatic carbocycles. The number of aliphatic hydroxyl groups excluding tert-OH is 1. The van der Waals surface area contributed by atoms with E-state index in [9.17, 15) is 9.90 Å². The molecule has 3 rings (SSSR count).